The molecule has 0 aliphatic rings. The summed E-state index contributed by atoms with van der Waals surface area (Å²) in [7, 11) is -2.47. The molecule has 0 saturated heterocycles. The van der Waals surface area contributed by atoms with E-state index < -0.39 is 10.0 Å². The van der Waals surface area contributed by atoms with Gasteiger partial charge in [-0.1, -0.05) is 5.16 Å². The Hall–Kier alpha value is -1.67. The first-order valence-electron chi connectivity index (χ1n) is 5.77. The monoisotopic (exact) mass is 314 g/mol. The molecule has 0 unspecified atom stereocenters. The molecule has 2 heterocycles. The predicted molar refractivity (Wildman–Crippen MR) is 75.9 cm³/mol. The van der Waals surface area contributed by atoms with Crippen molar-refractivity contribution >= 4 is 33.0 Å². The van der Waals surface area contributed by atoms with Crippen LogP contribution in [0.4, 0.5) is 5.88 Å². The van der Waals surface area contributed by atoms with Gasteiger partial charge in [0.15, 0.2) is 5.78 Å². The Morgan fingerprint density at radius 1 is 1.40 bits per heavy atom. The van der Waals surface area contributed by atoms with Gasteiger partial charge in [0.05, 0.1) is 10.6 Å². The molecule has 0 aromatic carbocycles. The number of thiophene rings is 1. The third kappa shape index (κ3) is 2.25. The van der Waals surface area contributed by atoms with Crippen LogP contribution in [0.5, 0.6) is 0 Å². The van der Waals surface area contributed by atoms with Gasteiger partial charge in [-0.05, 0) is 32.2 Å². The highest BCUT2D eigenvalue weighted by Gasteiger charge is 2.30. The van der Waals surface area contributed by atoms with Gasteiger partial charge in [0, 0.05) is 12.6 Å². The van der Waals surface area contributed by atoms with Crippen LogP contribution < -0.4 is 4.31 Å². The molecule has 2 aromatic rings. The Morgan fingerprint density at radius 2 is 2.05 bits per heavy atom. The van der Waals surface area contributed by atoms with Crippen LogP contribution in [0.15, 0.2) is 20.9 Å². The minimum atomic E-state index is -3.84. The number of hydrogen-bond donors (Lipinski definition) is 0. The lowest BCUT2D eigenvalue weighted by atomic mass is 10.3. The van der Waals surface area contributed by atoms with Crippen molar-refractivity contribution in [2.24, 2.45) is 0 Å². The summed E-state index contributed by atoms with van der Waals surface area (Å²) in [5.74, 6) is -0.124. The molecule has 0 radical (unpaired) electrons. The maximum absolute atomic E-state index is 12.6. The number of hydrogen-bond acceptors (Lipinski definition) is 6. The van der Waals surface area contributed by atoms with Crippen LogP contribution in [0.25, 0.3) is 0 Å². The normalized spacial score (nSPS) is 11.6. The number of anilines is 1. The third-order valence-electron chi connectivity index (χ3n) is 3.01. The van der Waals surface area contributed by atoms with E-state index in [1.807, 2.05) is 0 Å². The molecule has 20 heavy (non-hydrogen) atoms. The fourth-order valence-corrected chi connectivity index (χ4v) is 4.25. The van der Waals surface area contributed by atoms with Crippen molar-refractivity contribution in [2.45, 2.75) is 25.7 Å². The average Bonchev–Trinajstić information content (AvgIpc) is 2.98. The summed E-state index contributed by atoms with van der Waals surface area (Å²) in [6, 6.07) is 1.42. The number of nitrogens with zero attached hydrogens (tertiary/aromatic N) is 2. The van der Waals surface area contributed by atoms with E-state index in [-0.39, 0.29) is 21.4 Å². The molecule has 0 amide bonds. The molecule has 0 N–H and O–H groups in total. The van der Waals surface area contributed by atoms with E-state index in [4.69, 9.17) is 4.52 Å². The first kappa shape index (κ1) is 14.7. The quantitative estimate of drug-likeness (QED) is 0.809. The molecule has 0 aliphatic heterocycles. The second kappa shape index (κ2) is 5.02. The van der Waals surface area contributed by atoms with Crippen LogP contribution >= 0.6 is 11.3 Å². The number of carbonyl (C=O) groups excluding carboxylic acids is 1. The second-order valence-electron chi connectivity index (χ2n) is 4.34. The van der Waals surface area contributed by atoms with E-state index in [9.17, 15) is 13.2 Å². The molecule has 0 atom stereocenters. The second-order valence-corrected chi connectivity index (χ2v) is 7.19. The molecule has 108 valence electrons. The largest absolute Gasteiger partial charge is 0.337 e. The molecule has 0 saturated carbocycles. The predicted octanol–water partition coefficient (Wildman–Crippen LogP) is 2.38. The SMILES string of the molecule is CC(=O)c1sccc1S(=O)(=O)N(C)c1onc(C)c1C. The van der Waals surface area contributed by atoms with Crippen LogP contribution in [-0.4, -0.2) is 26.4 Å². The highest BCUT2D eigenvalue weighted by Crippen LogP contribution is 2.30. The van der Waals surface area contributed by atoms with Crippen molar-refractivity contribution in [3.63, 3.8) is 0 Å². The molecular weight excluding hydrogens is 300 g/mol. The van der Waals surface area contributed by atoms with Gasteiger partial charge in [0.1, 0.15) is 4.90 Å². The first-order valence-corrected chi connectivity index (χ1v) is 8.09. The molecular formula is C12H14N2O4S2. The zero-order chi connectivity index (χ0) is 15.1. The molecule has 2 rings (SSSR count). The average molecular weight is 314 g/mol. The fraction of sp³-hybridized carbons (Fsp3) is 0.333. The summed E-state index contributed by atoms with van der Waals surface area (Å²) in [6.07, 6.45) is 0. The lowest BCUT2D eigenvalue weighted by Crippen LogP contribution is -2.27. The smallest absolute Gasteiger partial charge is 0.268 e. The van der Waals surface area contributed by atoms with Crippen LogP contribution in [0.3, 0.4) is 0 Å². The zero-order valence-electron chi connectivity index (χ0n) is 11.5. The van der Waals surface area contributed by atoms with E-state index in [0.717, 1.165) is 15.6 Å². The molecule has 6 nitrogen and oxygen atoms in total. The summed E-state index contributed by atoms with van der Waals surface area (Å²) < 4.78 is 31.2. The van der Waals surface area contributed by atoms with Gasteiger partial charge >= 0.3 is 0 Å². The summed E-state index contributed by atoms with van der Waals surface area (Å²) in [4.78, 5) is 11.7. The summed E-state index contributed by atoms with van der Waals surface area (Å²) in [5.41, 5.74) is 1.27. The number of aryl methyl sites for hydroxylation is 1. The molecule has 0 bridgehead atoms. The van der Waals surface area contributed by atoms with Crippen LogP contribution in [0.2, 0.25) is 0 Å². The van der Waals surface area contributed by atoms with Gasteiger partial charge in [-0.3, -0.25) is 4.79 Å². The maximum Gasteiger partial charge on any atom is 0.268 e. The topological polar surface area (TPSA) is 80.5 Å². The number of aromatic nitrogens is 1. The standard InChI is InChI=1S/C12H14N2O4S2/c1-7-8(2)13-18-12(7)14(4)20(16,17)10-5-6-19-11(10)9(3)15/h5-6H,1-4H3. The van der Waals surface area contributed by atoms with E-state index in [1.165, 1.54) is 20.0 Å². The molecule has 0 spiro atoms. The van der Waals surface area contributed by atoms with Gasteiger partial charge in [-0.2, -0.15) is 0 Å². The minimum Gasteiger partial charge on any atom is -0.337 e. The molecule has 0 fully saturated rings. The molecule has 2 aromatic heterocycles. The Morgan fingerprint density at radius 3 is 2.55 bits per heavy atom. The lowest BCUT2D eigenvalue weighted by Gasteiger charge is -2.16. The highest BCUT2D eigenvalue weighted by molar-refractivity contribution is 7.93. The van der Waals surface area contributed by atoms with Crippen LogP contribution in [-0.2, 0) is 10.0 Å². The van der Waals surface area contributed by atoms with Gasteiger partial charge in [0.25, 0.3) is 10.0 Å². The Kier molecular flexibility index (Phi) is 3.70. The van der Waals surface area contributed by atoms with Crippen molar-refractivity contribution in [2.75, 3.05) is 11.4 Å². The first-order chi connectivity index (χ1) is 9.26. The fourth-order valence-electron chi connectivity index (χ4n) is 1.71. The lowest BCUT2D eigenvalue weighted by molar-refractivity contribution is 0.101. The number of Topliss-reactive ketones (excluding diaryl/α,β-unsaturated/α-hetero) is 1. The Labute approximate surface area is 121 Å². The highest BCUT2D eigenvalue weighted by atomic mass is 32.2. The van der Waals surface area contributed by atoms with Crippen molar-refractivity contribution < 1.29 is 17.7 Å². The van der Waals surface area contributed by atoms with Crippen molar-refractivity contribution in [3.8, 4) is 0 Å². The van der Waals surface area contributed by atoms with Gasteiger partial charge < -0.3 is 4.52 Å². The number of ketones is 1. The van der Waals surface area contributed by atoms with E-state index in [2.05, 4.69) is 5.16 Å². The number of sulfonamides is 1. The zero-order valence-corrected chi connectivity index (χ0v) is 13.1. The van der Waals surface area contributed by atoms with Crippen LogP contribution in [0.1, 0.15) is 27.9 Å². The minimum absolute atomic E-state index is 0.00838. The molecule has 0 aliphatic carbocycles. The van der Waals surface area contributed by atoms with Crippen molar-refractivity contribution in [3.05, 3.63) is 27.6 Å². The maximum atomic E-state index is 12.6. The molecule has 8 heteroatoms. The van der Waals surface area contributed by atoms with E-state index in [0.29, 0.717) is 11.3 Å². The Balaban J connectivity index is 2.53. The van der Waals surface area contributed by atoms with Crippen molar-refractivity contribution in [1.29, 1.82) is 0 Å². The van der Waals surface area contributed by atoms with Gasteiger partial charge in [-0.25, -0.2) is 12.7 Å². The number of carbonyl (C=O) groups is 1. The van der Waals surface area contributed by atoms with Crippen LogP contribution in [0, 0.1) is 13.8 Å². The van der Waals surface area contributed by atoms with Crippen molar-refractivity contribution in [1.82, 2.24) is 5.16 Å². The summed E-state index contributed by atoms with van der Waals surface area (Å²) in [5, 5.41) is 5.32. The number of rotatable bonds is 4. The van der Waals surface area contributed by atoms with Gasteiger partial charge in [-0.15, -0.1) is 11.3 Å². The van der Waals surface area contributed by atoms with E-state index in [1.54, 1.807) is 19.2 Å². The summed E-state index contributed by atoms with van der Waals surface area (Å²) >= 11 is 1.10. The van der Waals surface area contributed by atoms with E-state index >= 15 is 0 Å². The Bertz CT molecular complexity index is 758. The van der Waals surface area contributed by atoms with Gasteiger partial charge in [0.2, 0.25) is 5.88 Å². The summed E-state index contributed by atoms with van der Waals surface area (Å²) in [6.45, 7) is 4.80. The third-order valence-corrected chi connectivity index (χ3v) is 5.93.